The van der Waals surface area contributed by atoms with Crippen LogP contribution >= 0.6 is 0 Å². The zero-order chi connectivity index (χ0) is 14.7. The van der Waals surface area contributed by atoms with Gasteiger partial charge in [0.2, 0.25) is 0 Å². The summed E-state index contributed by atoms with van der Waals surface area (Å²) in [4.78, 5) is 4.47. The van der Waals surface area contributed by atoms with Gasteiger partial charge in [0.05, 0.1) is 11.2 Å². The van der Waals surface area contributed by atoms with Crippen LogP contribution in [0.3, 0.4) is 0 Å². The summed E-state index contributed by atoms with van der Waals surface area (Å²) in [5, 5.41) is 4.58. The van der Waals surface area contributed by atoms with Gasteiger partial charge in [-0.1, -0.05) is 27.7 Å². The molecule has 3 N–H and O–H groups in total. The molecule has 0 radical (unpaired) electrons. The first-order chi connectivity index (χ1) is 9.50. The summed E-state index contributed by atoms with van der Waals surface area (Å²) in [6.45, 7) is 10.1. The van der Waals surface area contributed by atoms with Crippen LogP contribution in [0.1, 0.15) is 27.7 Å². The maximum absolute atomic E-state index is 6.01. The molecule has 0 aliphatic rings. The van der Waals surface area contributed by atoms with E-state index in [9.17, 15) is 0 Å². The summed E-state index contributed by atoms with van der Waals surface area (Å²) < 4.78 is 0. The molecule has 0 unspecified atom stereocenters. The first kappa shape index (κ1) is 14.6. The van der Waals surface area contributed by atoms with Crippen LogP contribution in [-0.2, 0) is 0 Å². The van der Waals surface area contributed by atoms with Crippen molar-refractivity contribution in [3.05, 3.63) is 30.5 Å². The topological polar surface area (TPSA) is 50.9 Å². The Morgan fingerprint density at radius 2 is 1.80 bits per heavy atom. The van der Waals surface area contributed by atoms with E-state index in [0.717, 1.165) is 28.8 Å². The van der Waals surface area contributed by atoms with Crippen LogP contribution in [0.15, 0.2) is 30.5 Å². The van der Waals surface area contributed by atoms with Crippen LogP contribution in [0.4, 0.5) is 11.4 Å². The summed E-state index contributed by atoms with van der Waals surface area (Å²) in [5.74, 6) is 1.97. The Labute approximate surface area is 121 Å². The van der Waals surface area contributed by atoms with Gasteiger partial charge in [-0.3, -0.25) is 4.98 Å². The molecule has 3 heteroatoms. The monoisotopic (exact) mass is 271 g/mol. The van der Waals surface area contributed by atoms with Gasteiger partial charge in [-0.05, 0) is 42.0 Å². The van der Waals surface area contributed by atoms with Crippen molar-refractivity contribution in [3.8, 4) is 0 Å². The van der Waals surface area contributed by atoms with E-state index < -0.39 is 0 Å². The number of pyridine rings is 1. The van der Waals surface area contributed by atoms with Crippen molar-refractivity contribution in [3.63, 3.8) is 0 Å². The Morgan fingerprint density at radius 1 is 1.10 bits per heavy atom. The van der Waals surface area contributed by atoms with E-state index in [2.05, 4.69) is 38.0 Å². The van der Waals surface area contributed by atoms with Crippen molar-refractivity contribution < 1.29 is 0 Å². The molecular weight excluding hydrogens is 246 g/mol. The number of fused-ring (bicyclic) bond motifs is 1. The van der Waals surface area contributed by atoms with Gasteiger partial charge in [-0.2, -0.15) is 0 Å². The number of hydrogen-bond acceptors (Lipinski definition) is 3. The Balaban J connectivity index is 2.24. The lowest BCUT2D eigenvalue weighted by Gasteiger charge is -2.25. The van der Waals surface area contributed by atoms with Gasteiger partial charge >= 0.3 is 0 Å². The predicted octanol–water partition coefficient (Wildman–Crippen LogP) is 4.16. The van der Waals surface area contributed by atoms with Gasteiger partial charge < -0.3 is 11.1 Å². The number of nitrogens with two attached hydrogens (primary N) is 1. The van der Waals surface area contributed by atoms with Gasteiger partial charge in [0, 0.05) is 23.8 Å². The van der Waals surface area contributed by atoms with Crippen molar-refractivity contribution in [2.45, 2.75) is 27.7 Å². The normalized spacial score (nSPS) is 11.8. The van der Waals surface area contributed by atoms with Gasteiger partial charge in [0.1, 0.15) is 0 Å². The Hall–Kier alpha value is -1.77. The molecule has 0 bridgehead atoms. The minimum atomic E-state index is 0.645. The summed E-state index contributed by atoms with van der Waals surface area (Å²) >= 11 is 0. The Kier molecular flexibility index (Phi) is 4.48. The number of nitrogens with zero attached hydrogens (tertiary/aromatic N) is 1. The van der Waals surface area contributed by atoms with Crippen molar-refractivity contribution >= 4 is 22.3 Å². The zero-order valence-corrected chi connectivity index (χ0v) is 12.9. The average molecular weight is 271 g/mol. The van der Waals surface area contributed by atoms with E-state index >= 15 is 0 Å². The van der Waals surface area contributed by atoms with Crippen molar-refractivity contribution in [1.82, 2.24) is 4.98 Å². The van der Waals surface area contributed by atoms with Crippen molar-refractivity contribution in [2.24, 2.45) is 17.8 Å². The Bertz CT molecular complexity index is 567. The minimum absolute atomic E-state index is 0.645. The second-order valence-electron chi connectivity index (χ2n) is 6.13. The predicted molar refractivity (Wildman–Crippen MR) is 87.8 cm³/mol. The first-order valence-electron chi connectivity index (χ1n) is 7.37. The second-order valence-corrected chi connectivity index (χ2v) is 6.13. The largest absolute Gasteiger partial charge is 0.398 e. The van der Waals surface area contributed by atoms with E-state index in [1.807, 2.05) is 30.5 Å². The molecular formula is C17H25N3. The quantitative estimate of drug-likeness (QED) is 0.803. The molecule has 2 rings (SSSR count). The van der Waals surface area contributed by atoms with E-state index in [0.29, 0.717) is 17.8 Å². The second kappa shape index (κ2) is 6.12. The molecule has 0 aliphatic heterocycles. The van der Waals surface area contributed by atoms with E-state index in [-0.39, 0.29) is 0 Å². The Morgan fingerprint density at radius 3 is 2.45 bits per heavy atom. The first-order valence-corrected chi connectivity index (χ1v) is 7.37. The summed E-state index contributed by atoms with van der Waals surface area (Å²) in [5.41, 5.74) is 8.82. The highest BCUT2D eigenvalue weighted by Gasteiger charge is 2.17. The van der Waals surface area contributed by atoms with E-state index in [1.165, 1.54) is 0 Å². The van der Waals surface area contributed by atoms with Crippen LogP contribution in [0, 0.1) is 17.8 Å². The number of hydrogen-bond donors (Lipinski definition) is 2. The molecule has 0 spiro atoms. The maximum atomic E-state index is 6.01. The molecule has 0 saturated carbocycles. The third-order valence-electron chi connectivity index (χ3n) is 4.04. The number of nitrogen functional groups attached to an aromatic ring is 1. The third-order valence-corrected chi connectivity index (χ3v) is 4.04. The fourth-order valence-corrected chi connectivity index (χ4v) is 2.81. The van der Waals surface area contributed by atoms with Gasteiger partial charge in [0.25, 0.3) is 0 Å². The summed E-state index contributed by atoms with van der Waals surface area (Å²) in [6.07, 6.45) is 1.81. The van der Waals surface area contributed by atoms with Crippen LogP contribution in [0.5, 0.6) is 0 Å². The highest BCUT2D eigenvalue weighted by atomic mass is 14.9. The molecule has 1 heterocycles. The maximum Gasteiger partial charge on any atom is 0.0953 e. The summed E-state index contributed by atoms with van der Waals surface area (Å²) in [6, 6.07) is 7.92. The number of rotatable bonds is 5. The van der Waals surface area contributed by atoms with Crippen molar-refractivity contribution in [2.75, 3.05) is 17.6 Å². The van der Waals surface area contributed by atoms with Crippen LogP contribution < -0.4 is 11.1 Å². The standard InChI is InChI=1S/C17H25N3/c1-11(2)14(12(3)4)10-20-16-8-7-15(18)13-6-5-9-19-17(13)16/h5-9,11-12,14,20H,10,18H2,1-4H3. The molecule has 0 saturated heterocycles. The lowest BCUT2D eigenvalue weighted by Crippen LogP contribution is -2.24. The number of benzene rings is 1. The summed E-state index contributed by atoms with van der Waals surface area (Å²) in [7, 11) is 0. The van der Waals surface area contributed by atoms with Gasteiger partial charge in [0.15, 0.2) is 0 Å². The molecule has 0 aliphatic carbocycles. The molecule has 2 aromatic rings. The van der Waals surface area contributed by atoms with Gasteiger partial charge in [-0.15, -0.1) is 0 Å². The molecule has 0 fully saturated rings. The van der Waals surface area contributed by atoms with Crippen LogP contribution in [-0.4, -0.2) is 11.5 Å². The number of aromatic nitrogens is 1. The number of anilines is 2. The molecule has 1 aromatic heterocycles. The lowest BCUT2D eigenvalue weighted by atomic mass is 9.85. The average Bonchev–Trinajstić information content (AvgIpc) is 2.41. The fourth-order valence-electron chi connectivity index (χ4n) is 2.81. The third kappa shape index (κ3) is 3.03. The molecule has 108 valence electrons. The number of nitrogens with one attached hydrogen (secondary N) is 1. The van der Waals surface area contributed by atoms with Crippen LogP contribution in [0.25, 0.3) is 10.9 Å². The highest BCUT2D eigenvalue weighted by Crippen LogP contribution is 2.28. The smallest absolute Gasteiger partial charge is 0.0953 e. The van der Waals surface area contributed by atoms with Crippen LogP contribution in [0.2, 0.25) is 0 Å². The minimum Gasteiger partial charge on any atom is -0.398 e. The molecule has 20 heavy (non-hydrogen) atoms. The zero-order valence-electron chi connectivity index (χ0n) is 12.9. The lowest BCUT2D eigenvalue weighted by molar-refractivity contribution is 0.304. The van der Waals surface area contributed by atoms with E-state index in [1.54, 1.807) is 0 Å². The molecule has 0 atom stereocenters. The van der Waals surface area contributed by atoms with E-state index in [4.69, 9.17) is 5.73 Å². The molecule has 3 nitrogen and oxygen atoms in total. The fraction of sp³-hybridized carbons (Fsp3) is 0.471. The SMILES string of the molecule is CC(C)C(CNc1ccc(N)c2cccnc12)C(C)C. The molecule has 1 aromatic carbocycles. The highest BCUT2D eigenvalue weighted by molar-refractivity contribution is 5.98. The molecule has 0 amide bonds. The van der Waals surface area contributed by atoms with Gasteiger partial charge in [-0.25, -0.2) is 0 Å². The van der Waals surface area contributed by atoms with Crippen molar-refractivity contribution in [1.29, 1.82) is 0 Å².